The standard InChI is InChI=1S/C12H16ClN3O/c1-8(13)6-15-11-5-4-10(14)12(16-11)17-7-9-2-3-9/h4-5,9H,1-3,6-7,14H2,(H,15,16). The average Bonchev–Trinajstić information content (AvgIpc) is 3.10. The van der Waals surface area contributed by atoms with E-state index in [0.29, 0.717) is 41.5 Å². The van der Waals surface area contributed by atoms with Crippen LogP contribution in [-0.2, 0) is 0 Å². The number of hydrogen-bond donors (Lipinski definition) is 2. The van der Waals surface area contributed by atoms with Gasteiger partial charge in [-0.05, 0) is 30.9 Å². The zero-order chi connectivity index (χ0) is 12.3. The molecular formula is C12H16ClN3O. The summed E-state index contributed by atoms with van der Waals surface area (Å²) in [5.41, 5.74) is 6.35. The van der Waals surface area contributed by atoms with Gasteiger partial charge in [0.05, 0.1) is 18.8 Å². The zero-order valence-electron chi connectivity index (χ0n) is 9.58. The van der Waals surface area contributed by atoms with Crippen molar-refractivity contribution in [1.82, 2.24) is 4.98 Å². The third-order valence-electron chi connectivity index (χ3n) is 2.50. The molecule has 0 amide bonds. The zero-order valence-corrected chi connectivity index (χ0v) is 10.3. The first-order valence-corrected chi connectivity index (χ1v) is 5.99. The summed E-state index contributed by atoms with van der Waals surface area (Å²) in [5.74, 6) is 1.85. The fourth-order valence-electron chi connectivity index (χ4n) is 1.33. The van der Waals surface area contributed by atoms with Crippen LogP contribution in [0.5, 0.6) is 5.88 Å². The number of nitrogens with zero attached hydrogens (tertiary/aromatic N) is 1. The molecule has 1 heterocycles. The molecule has 0 radical (unpaired) electrons. The lowest BCUT2D eigenvalue weighted by molar-refractivity contribution is 0.290. The molecule has 0 aliphatic heterocycles. The van der Waals surface area contributed by atoms with Gasteiger partial charge in [0, 0.05) is 5.03 Å². The monoisotopic (exact) mass is 253 g/mol. The van der Waals surface area contributed by atoms with E-state index in [4.69, 9.17) is 22.1 Å². The second-order valence-corrected chi connectivity index (χ2v) is 4.75. The molecule has 3 N–H and O–H groups in total. The average molecular weight is 254 g/mol. The van der Waals surface area contributed by atoms with E-state index in [1.165, 1.54) is 12.8 Å². The first-order chi connectivity index (χ1) is 8.15. The highest BCUT2D eigenvalue weighted by molar-refractivity contribution is 6.29. The van der Waals surface area contributed by atoms with Gasteiger partial charge in [0.25, 0.3) is 0 Å². The van der Waals surface area contributed by atoms with Crippen molar-refractivity contribution in [2.24, 2.45) is 5.92 Å². The van der Waals surface area contributed by atoms with Crippen molar-refractivity contribution in [3.8, 4) is 5.88 Å². The topological polar surface area (TPSA) is 60.2 Å². The SMILES string of the molecule is C=C(Cl)CNc1ccc(N)c(OCC2CC2)n1. The highest BCUT2D eigenvalue weighted by Gasteiger charge is 2.22. The Labute approximate surface area is 106 Å². The highest BCUT2D eigenvalue weighted by atomic mass is 35.5. The van der Waals surface area contributed by atoms with E-state index in [-0.39, 0.29) is 0 Å². The van der Waals surface area contributed by atoms with Crippen molar-refractivity contribution in [2.45, 2.75) is 12.8 Å². The van der Waals surface area contributed by atoms with E-state index in [0.717, 1.165) is 0 Å². The summed E-state index contributed by atoms with van der Waals surface area (Å²) in [6.07, 6.45) is 2.48. The molecule has 5 heteroatoms. The van der Waals surface area contributed by atoms with E-state index in [1.54, 1.807) is 12.1 Å². The van der Waals surface area contributed by atoms with E-state index >= 15 is 0 Å². The summed E-state index contributed by atoms with van der Waals surface area (Å²) in [6, 6.07) is 3.56. The molecule has 1 fully saturated rings. The molecule has 4 nitrogen and oxygen atoms in total. The molecule has 0 saturated heterocycles. The molecule has 1 aliphatic carbocycles. The lowest BCUT2D eigenvalue weighted by atomic mass is 10.4. The molecular weight excluding hydrogens is 238 g/mol. The molecule has 0 bridgehead atoms. The number of ether oxygens (including phenoxy) is 1. The van der Waals surface area contributed by atoms with Gasteiger partial charge < -0.3 is 15.8 Å². The van der Waals surface area contributed by atoms with Gasteiger partial charge in [0.1, 0.15) is 5.82 Å². The normalized spacial score (nSPS) is 14.4. The summed E-state index contributed by atoms with van der Waals surface area (Å²) in [4.78, 5) is 4.29. The first-order valence-electron chi connectivity index (χ1n) is 5.61. The number of rotatable bonds is 6. The quantitative estimate of drug-likeness (QED) is 0.818. The molecule has 1 aliphatic rings. The first kappa shape index (κ1) is 12.0. The van der Waals surface area contributed by atoms with Gasteiger partial charge in [-0.1, -0.05) is 18.2 Å². The minimum Gasteiger partial charge on any atom is -0.476 e. The van der Waals surface area contributed by atoms with E-state index < -0.39 is 0 Å². The fraction of sp³-hybridized carbons (Fsp3) is 0.417. The van der Waals surface area contributed by atoms with Gasteiger partial charge in [-0.25, -0.2) is 0 Å². The number of nitrogens with two attached hydrogens (primary N) is 1. The van der Waals surface area contributed by atoms with Crippen molar-refractivity contribution in [3.63, 3.8) is 0 Å². The largest absolute Gasteiger partial charge is 0.476 e. The van der Waals surface area contributed by atoms with Crippen molar-refractivity contribution >= 4 is 23.1 Å². The number of aromatic nitrogens is 1. The Morgan fingerprint density at radius 3 is 3.00 bits per heavy atom. The van der Waals surface area contributed by atoms with Crippen LogP contribution in [0.1, 0.15) is 12.8 Å². The van der Waals surface area contributed by atoms with Crippen LogP contribution in [0.2, 0.25) is 0 Å². The van der Waals surface area contributed by atoms with Crippen molar-refractivity contribution in [1.29, 1.82) is 0 Å². The Kier molecular flexibility index (Phi) is 3.74. The summed E-state index contributed by atoms with van der Waals surface area (Å²) in [6.45, 7) is 4.77. The lowest BCUT2D eigenvalue weighted by Gasteiger charge is -2.10. The molecule has 92 valence electrons. The van der Waals surface area contributed by atoms with Gasteiger partial charge in [0.15, 0.2) is 0 Å². The van der Waals surface area contributed by atoms with Gasteiger partial charge in [0.2, 0.25) is 5.88 Å². The maximum absolute atomic E-state index is 5.79. The van der Waals surface area contributed by atoms with Crippen LogP contribution in [0.25, 0.3) is 0 Å². The number of pyridine rings is 1. The predicted molar refractivity (Wildman–Crippen MR) is 70.4 cm³/mol. The van der Waals surface area contributed by atoms with Gasteiger partial charge >= 0.3 is 0 Å². The number of hydrogen-bond acceptors (Lipinski definition) is 4. The van der Waals surface area contributed by atoms with Gasteiger partial charge in [-0.3, -0.25) is 0 Å². The number of nitrogens with one attached hydrogen (secondary N) is 1. The van der Waals surface area contributed by atoms with E-state index in [9.17, 15) is 0 Å². The second-order valence-electron chi connectivity index (χ2n) is 4.22. The lowest BCUT2D eigenvalue weighted by Crippen LogP contribution is -2.07. The van der Waals surface area contributed by atoms with Crippen LogP contribution in [0.15, 0.2) is 23.7 Å². The van der Waals surface area contributed by atoms with E-state index in [2.05, 4.69) is 16.9 Å². The Morgan fingerprint density at radius 2 is 2.35 bits per heavy atom. The molecule has 2 rings (SSSR count). The van der Waals surface area contributed by atoms with Gasteiger partial charge in [-0.2, -0.15) is 4.98 Å². The predicted octanol–water partition coefficient (Wildman–Crippen LogP) is 2.62. The maximum Gasteiger partial charge on any atom is 0.239 e. The molecule has 0 spiro atoms. The van der Waals surface area contributed by atoms with Crippen LogP contribution in [0.3, 0.4) is 0 Å². The summed E-state index contributed by atoms with van der Waals surface area (Å²) in [7, 11) is 0. The number of nitrogen functional groups attached to an aromatic ring is 1. The fourth-order valence-corrected chi connectivity index (χ4v) is 1.40. The van der Waals surface area contributed by atoms with Crippen LogP contribution < -0.4 is 15.8 Å². The maximum atomic E-state index is 5.79. The van der Waals surface area contributed by atoms with Gasteiger partial charge in [-0.15, -0.1) is 0 Å². The Bertz CT molecular complexity index is 418. The summed E-state index contributed by atoms with van der Waals surface area (Å²) < 4.78 is 5.58. The minimum atomic E-state index is 0.473. The second kappa shape index (κ2) is 5.27. The van der Waals surface area contributed by atoms with Crippen LogP contribution in [0.4, 0.5) is 11.5 Å². The minimum absolute atomic E-state index is 0.473. The molecule has 17 heavy (non-hydrogen) atoms. The third-order valence-corrected chi connectivity index (χ3v) is 2.64. The van der Waals surface area contributed by atoms with Crippen molar-refractivity contribution in [3.05, 3.63) is 23.7 Å². The van der Waals surface area contributed by atoms with Crippen LogP contribution >= 0.6 is 11.6 Å². The number of anilines is 2. The molecule has 0 atom stereocenters. The Morgan fingerprint density at radius 1 is 1.59 bits per heavy atom. The molecule has 1 aromatic rings. The highest BCUT2D eigenvalue weighted by Crippen LogP contribution is 2.30. The third kappa shape index (κ3) is 3.82. The van der Waals surface area contributed by atoms with E-state index in [1.807, 2.05) is 0 Å². The summed E-state index contributed by atoms with van der Waals surface area (Å²) in [5, 5.41) is 3.57. The van der Waals surface area contributed by atoms with Crippen molar-refractivity contribution < 1.29 is 4.74 Å². The van der Waals surface area contributed by atoms with Crippen molar-refractivity contribution in [2.75, 3.05) is 24.2 Å². The molecule has 0 unspecified atom stereocenters. The van der Waals surface area contributed by atoms with Crippen LogP contribution in [-0.4, -0.2) is 18.1 Å². The molecule has 1 aromatic heterocycles. The summed E-state index contributed by atoms with van der Waals surface area (Å²) >= 11 is 5.67. The Balaban J connectivity index is 1.97. The number of halogens is 1. The molecule has 0 aromatic carbocycles. The molecule has 1 saturated carbocycles. The Hall–Kier alpha value is -1.42. The smallest absolute Gasteiger partial charge is 0.239 e. The van der Waals surface area contributed by atoms with Crippen LogP contribution in [0, 0.1) is 5.92 Å².